The van der Waals surface area contributed by atoms with Gasteiger partial charge in [-0.25, -0.2) is 9.37 Å². The molecule has 0 aliphatic rings. The number of methoxy groups -OCH3 is 1. The molecule has 3 aromatic rings. The normalized spacial score (nSPS) is 10.5. The molecule has 0 bridgehead atoms. The summed E-state index contributed by atoms with van der Waals surface area (Å²) in [4.78, 5) is 27.9. The SMILES string of the molecule is COc1ccc2nc(NC(=O)COC(=O)Cc3ccc(F)cc3)sc2c1. The molecule has 0 fully saturated rings. The second-order valence-corrected chi connectivity index (χ2v) is 6.40. The molecule has 1 heterocycles. The van der Waals surface area contributed by atoms with Crippen molar-refractivity contribution in [2.24, 2.45) is 0 Å². The molecule has 0 aliphatic carbocycles. The first kappa shape index (κ1) is 17.8. The number of anilines is 1. The van der Waals surface area contributed by atoms with Crippen molar-refractivity contribution in [1.29, 1.82) is 0 Å². The third-order valence-corrected chi connectivity index (χ3v) is 4.40. The number of halogens is 1. The van der Waals surface area contributed by atoms with Gasteiger partial charge in [-0.15, -0.1) is 0 Å². The van der Waals surface area contributed by atoms with Crippen LogP contribution in [0.1, 0.15) is 5.56 Å². The average Bonchev–Trinajstić information content (AvgIpc) is 3.03. The third-order valence-electron chi connectivity index (χ3n) is 3.47. The van der Waals surface area contributed by atoms with Gasteiger partial charge in [-0.1, -0.05) is 23.5 Å². The summed E-state index contributed by atoms with van der Waals surface area (Å²) >= 11 is 1.29. The van der Waals surface area contributed by atoms with E-state index in [-0.39, 0.29) is 12.2 Å². The Morgan fingerprint density at radius 2 is 1.96 bits per heavy atom. The second kappa shape index (κ2) is 7.92. The van der Waals surface area contributed by atoms with E-state index >= 15 is 0 Å². The standard InChI is InChI=1S/C18H15FN2O4S/c1-24-13-6-7-14-15(9-13)26-18(20-14)21-16(22)10-25-17(23)8-11-2-4-12(19)5-3-11/h2-7,9H,8,10H2,1H3,(H,20,21,22). The number of nitrogens with zero attached hydrogens (tertiary/aromatic N) is 1. The van der Waals surface area contributed by atoms with Crippen molar-refractivity contribution >= 4 is 38.6 Å². The smallest absolute Gasteiger partial charge is 0.310 e. The molecule has 6 nitrogen and oxygen atoms in total. The Labute approximate surface area is 152 Å². The minimum absolute atomic E-state index is 0.0332. The van der Waals surface area contributed by atoms with E-state index in [4.69, 9.17) is 9.47 Å². The van der Waals surface area contributed by atoms with Crippen LogP contribution < -0.4 is 10.1 Å². The van der Waals surface area contributed by atoms with Crippen molar-refractivity contribution in [2.75, 3.05) is 19.0 Å². The minimum Gasteiger partial charge on any atom is -0.497 e. The van der Waals surface area contributed by atoms with E-state index in [1.807, 2.05) is 6.07 Å². The first-order valence-corrected chi connectivity index (χ1v) is 8.49. The van der Waals surface area contributed by atoms with E-state index in [0.717, 1.165) is 10.2 Å². The zero-order chi connectivity index (χ0) is 18.5. The number of hydrogen-bond donors (Lipinski definition) is 1. The van der Waals surface area contributed by atoms with Crippen molar-refractivity contribution in [2.45, 2.75) is 6.42 Å². The third kappa shape index (κ3) is 4.54. The summed E-state index contributed by atoms with van der Waals surface area (Å²) < 4.78 is 23.8. The number of thiazole rings is 1. The lowest BCUT2D eigenvalue weighted by Crippen LogP contribution is -2.21. The lowest BCUT2D eigenvalue weighted by atomic mass is 10.1. The lowest BCUT2D eigenvalue weighted by Gasteiger charge is -2.04. The molecule has 134 valence electrons. The molecular weight excluding hydrogens is 359 g/mol. The van der Waals surface area contributed by atoms with Gasteiger partial charge in [-0.3, -0.25) is 14.9 Å². The molecule has 0 saturated carbocycles. The average molecular weight is 374 g/mol. The van der Waals surface area contributed by atoms with Gasteiger partial charge in [0.2, 0.25) is 0 Å². The molecule has 0 unspecified atom stereocenters. The van der Waals surface area contributed by atoms with Crippen LogP contribution in [0.2, 0.25) is 0 Å². The predicted molar refractivity (Wildman–Crippen MR) is 95.9 cm³/mol. The highest BCUT2D eigenvalue weighted by molar-refractivity contribution is 7.22. The molecule has 0 radical (unpaired) electrons. The number of fused-ring (bicyclic) bond motifs is 1. The van der Waals surface area contributed by atoms with Gasteiger partial charge in [0.05, 0.1) is 23.7 Å². The molecule has 1 amide bonds. The zero-order valence-corrected chi connectivity index (χ0v) is 14.6. The first-order valence-electron chi connectivity index (χ1n) is 7.68. The van der Waals surface area contributed by atoms with Crippen LogP contribution in [0.25, 0.3) is 10.2 Å². The number of rotatable bonds is 6. The van der Waals surface area contributed by atoms with Crippen molar-refractivity contribution in [3.05, 3.63) is 53.8 Å². The highest BCUT2D eigenvalue weighted by Gasteiger charge is 2.12. The summed E-state index contributed by atoms with van der Waals surface area (Å²) in [6.45, 7) is -0.417. The van der Waals surface area contributed by atoms with Crippen molar-refractivity contribution in [3.8, 4) is 5.75 Å². The van der Waals surface area contributed by atoms with Gasteiger partial charge < -0.3 is 9.47 Å². The molecule has 3 rings (SSSR count). The maximum Gasteiger partial charge on any atom is 0.310 e. The topological polar surface area (TPSA) is 77.5 Å². The molecule has 26 heavy (non-hydrogen) atoms. The number of hydrogen-bond acceptors (Lipinski definition) is 6. The summed E-state index contributed by atoms with van der Waals surface area (Å²) in [5, 5.41) is 3.01. The van der Waals surface area contributed by atoms with Gasteiger partial charge in [0.15, 0.2) is 11.7 Å². The molecule has 0 spiro atoms. The summed E-state index contributed by atoms with van der Waals surface area (Å²) in [5.41, 5.74) is 1.34. The Hall–Kier alpha value is -3.00. The number of carbonyl (C=O) groups is 2. The van der Waals surface area contributed by atoms with E-state index < -0.39 is 18.5 Å². The molecule has 1 N–H and O–H groups in total. The number of esters is 1. The van der Waals surface area contributed by atoms with E-state index in [0.29, 0.717) is 16.4 Å². The number of amides is 1. The Balaban J connectivity index is 1.52. The van der Waals surface area contributed by atoms with Gasteiger partial charge in [-0.2, -0.15) is 0 Å². The van der Waals surface area contributed by atoms with E-state index in [2.05, 4.69) is 10.3 Å². The van der Waals surface area contributed by atoms with Crippen LogP contribution in [-0.2, 0) is 20.7 Å². The summed E-state index contributed by atoms with van der Waals surface area (Å²) in [6.07, 6.45) is -0.0332. The van der Waals surface area contributed by atoms with Gasteiger partial charge in [0.25, 0.3) is 5.91 Å². The van der Waals surface area contributed by atoms with E-state index in [9.17, 15) is 14.0 Å². The highest BCUT2D eigenvalue weighted by atomic mass is 32.1. The molecule has 0 saturated heterocycles. The van der Waals surface area contributed by atoms with Crippen LogP contribution in [0.3, 0.4) is 0 Å². The quantitative estimate of drug-likeness (QED) is 0.671. The molecule has 8 heteroatoms. The minimum atomic E-state index is -0.569. The number of ether oxygens (including phenoxy) is 2. The van der Waals surface area contributed by atoms with Crippen molar-refractivity contribution in [1.82, 2.24) is 4.98 Å². The van der Waals surface area contributed by atoms with Gasteiger partial charge in [0.1, 0.15) is 11.6 Å². The van der Waals surface area contributed by atoms with Crippen LogP contribution in [0.15, 0.2) is 42.5 Å². The number of carbonyl (C=O) groups excluding carboxylic acids is 2. The van der Waals surface area contributed by atoms with Crippen molar-refractivity contribution in [3.63, 3.8) is 0 Å². The summed E-state index contributed by atoms with van der Waals surface area (Å²) in [6, 6.07) is 10.9. The van der Waals surface area contributed by atoms with E-state index in [1.165, 1.54) is 35.6 Å². The number of benzene rings is 2. The zero-order valence-electron chi connectivity index (χ0n) is 13.8. The Morgan fingerprint density at radius 3 is 2.69 bits per heavy atom. The van der Waals surface area contributed by atoms with Crippen LogP contribution in [-0.4, -0.2) is 30.6 Å². The largest absolute Gasteiger partial charge is 0.497 e. The Kier molecular flexibility index (Phi) is 5.43. The second-order valence-electron chi connectivity index (χ2n) is 5.36. The van der Waals surface area contributed by atoms with Crippen LogP contribution in [0.4, 0.5) is 9.52 Å². The first-order chi connectivity index (χ1) is 12.5. The monoisotopic (exact) mass is 374 g/mol. The fraction of sp³-hybridized carbons (Fsp3) is 0.167. The van der Waals surface area contributed by atoms with Gasteiger partial charge in [-0.05, 0) is 35.9 Å². The summed E-state index contributed by atoms with van der Waals surface area (Å²) in [5.74, 6) is -0.729. The predicted octanol–water partition coefficient (Wildman–Crippen LogP) is 3.17. The highest BCUT2D eigenvalue weighted by Crippen LogP contribution is 2.29. The van der Waals surface area contributed by atoms with Crippen molar-refractivity contribution < 1.29 is 23.5 Å². The maximum absolute atomic E-state index is 12.8. The van der Waals surface area contributed by atoms with Gasteiger partial charge in [0, 0.05) is 0 Å². The fourth-order valence-corrected chi connectivity index (χ4v) is 3.12. The van der Waals surface area contributed by atoms with Crippen LogP contribution in [0.5, 0.6) is 5.75 Å². The molecular formula is C18H15FN2O4S. The maximum atomic E-state index is 12.8. The lowest BCUT2D eigenvalue weighted by molar-refractivity contribution is -0.146. The fourth-order valence-electron chi connectivity index (χ4n) is 2.21. The molecule has 2 aromatic carbocycles. The number of aromatic nitrogens is 1. The molecule has 0 atom stereocenters. The van der Waals surface area contributed by atoms with Crippen LogP contribution in [0, 0.1) is 5.82 Å². The van der Waals surface area contributed by atoms with E-state index in [1.54, 1.807) is 19.2 Å². The van der Waals surface area contributed by atoms with Gasteiger partial charge >= 0.3 is 5.97 Å². The molecule has 0 aliphatic heterocycles. The Morgan fingerprint density at radius 1 is 1.19 bits per heavy atom. The van der Waals surface area contributed by atoms with Crippen LogP contribution >= 0.6 is 11.3 Å². The number of nitrogens with one attached hydrogen (secondary N) is 1. The Bertz CT molecular complexity index is 940. The summed E-state index contributed by atoms with van der Waals surface area (Å²) in [7, 11) is 1.57. The molecule has 1 aromatic heterocycles.